The standard InChI is InChI=1S/C14H11Cl2NO4/c1-8(18)9-2-4-10(5-3-9)21-14-7-12(16)11(15)6-13(14)17(19)20/h2-8,18H,1H3/t8-/m0/s1. The monoisotopic (exact) mass is 327 g/mol. The summed E-state index contributed by atoms with van der Waals surface area (Å²) in [6.07, 6.45) is -0.599. The first kappa shape index (κ1) is 15.6. The number of benzene rings is 2. The predicted octanol–water partition coefficient (Wildman–Crippen LogP) is 4.75. The Hall–Kier alpha value is -1.82. The molecule has 2 rings (SSSR count). The lowest BCUT2D eigenvalue weighted by Gasteiger charge is -2.09. The Balaban J connectivity index is 2.34. The van der Waals surface area contributed by atoms with Gasteiger partial charge in [-0.1, -0.05) is 35.3 Å². The van der Waals surface area contributed by atoms with Gasteiger partial charge in [0.15, 0.2) is 0 Å². The van der Waals surface area contributed by atoms with Gasteiger partial charge >= 0.3 is 5.69 Å². The molecule has 110 valence electrons. The molecule has 7 heteroatoms. The number of hydrogen-bond acceptors (Lipinski definition) is 4. The van der Waals surface area contributed by atoms with Crippen molar-refractivity contribution in [1.29, 1.82) is 0 Å². The highest BCUT2D eigenvalue weighted by Gasteiger charge is 2.19. The van der Waals surface area contributed by atoms with Gasteiger partial charge in [-0.3, -0.25) is 10.1 Å². The zero-order valence-corrected chi connectivity index (χ0v) is 12.4. The average Bonchev–Trinajstić information content (AvgIpc) is 2.43. The van der Waals surface area contributed by atoms with Gasteiger partial charge in [-0.05, 0) is 24.6 Å². The van der Waals surface area contributed by atoms with Crippen LogP contribution in [0, 0.1) is 10.1 Å². The summed E-state index contributed by atoms with van der Waals surface area (Å²) in [7, 11) is 0. The second kappa shape index (κ2) is 6.30. The van der Waals surface area contributed by atoms with Crippen molar-refractivity contribution >= 4 is 28.9 Å². The summed E-state index contributed by atoms with van der Waals surface area (Å²) < 4.78 is 5.47. The normalized spacial score (nSPS) is 12.0. The van der Waals surface area contributed by atoms with Crippen LogP contribution in [0.5, 0.6) is 11.5 Å². The van der Waals surface area contributed by atoms with Crippen LogP contribution in [0.3, 0.4) is 0 Å². The van der Waals surface area contributed by atoms with Crippen LogP contribution in [-0.4, -0.2) is 10.0 Å². The molecule has 0 saturated carbocycles. The summed E-state index contributed by atoms with van der Waals surface area (Å²) in [6.45, 7) is 1.64. The second-order valence-corrected chi connectivity index (χ2v) is 5.15. The summed E-state index contributed by atoms with van der Waals surface area (Å²) in [5, 5.41) is 20.7. The van der Waals surface area contributed by atoms with Crippen LogP contribution in [0.25, 0.3) is 0 Å². The minimum Gasteiger partial charge on any atom is -0.450 e. The van der Waals surface area contributed by atoms with Gasteiger partial charge in [0.2, 0.25) is 5.75 Å². The topological polar surface area (TPSA) is 72.6 Å². The number of aliphatic hydroxyl groups is 1. The van der Waals surface area contributed by atoms with Crippen LogP contribution >= 0.6 is 23.2 Å². The summed E-state index contributed by atoms with van der Waals surface area (Å²) in [6, 6.07) is 8.99. The first-order valence-electron chi connectivity index (χ1n) is 5.98. The first-order valence-corrected chi connectivity index (χ1v) is 6.73. The van der Waals surface area contributed by atoms with Crippen molar-refractivity contribution in [3.8, 4) is 11.5 Å². The summed E-state index contributed by atoms with van der Waals surface area (Å²) in [5.74, 6) is 0.389. The fraction of sp³-hybridized carbons (Fsp3) is 0.143. The molecule has 0 aliphatic rings. The lowest BCUT2D eigenvalue weighted by atomic mass is 10.1. The van der Waals surface area contributed by atoms with Gasteiger partial charge in [-0.25, -0.2) is 0 Å². The van der Waals surface area contributed by atoms with E-state index in [1.165, 1.54) is 6.07 Å². The van der Waals surface area contributed by atoms with Crippen molar-refractivity contribution in [3.05, 3.63) is 62.1 Å². The zero-order valence-electron chi connectivity index (χ0n) is 10.9. The minimum atomic E-state index is -0.599. The zero-order chi connectivity index (χ0) is 15.6. The molecule has 0 aliphatic heterocycles. The molecule has 1 N–H and O–H groups in total. The van der Waals surface area contributed by atoms with Crippen molar-refractivity contribution in [2.45, 2.75) is 13.0 Å². The molecule has 2 aromatic carbocycles. The smallest absolute Gasteiger partial charge is 0.313 e. The van der Waals surface area contributed by atoms with Gasteiger partial charge in [0.25, 0.3) is 0 Å². The molecule has 0 spiro atoms. The average molecular weight is 328 g/mol. The summed E-state index contributed by atoms with van der Waals surface area (Å²) in [5.41, 5.74) is 0.440. The molecule has 0 saturated heterocycles. The number of nitrogens with zero attached hydrogens (tertiary/aromatic N) is 1. The Kier molecular flexibility index (Phi) is 4.67. The number of halogens is 2. The van der Waals surface area contributed by atoms with Gasteiger partial charge in [-0.2, -0.15) is 0 Å². The van der Waals surface area contributed by atoms with E-state index in [1.54, 1.807) is 31.2 Å². The van der Waals surface area contributed by atoms with E-state index in [4.69, 9.17) is 27.9 Å². The predicted molar refractivity (Wildman–Crippen MR) is 80.3 cm³/mol. The van der Waals surface area contributed by atoms with Crippen molar-refractivity contribution < 1.29 is 14.8 Å². The molecule has 0 unspecified atom stereocenters. The first-order chi connectivity index (χ1) is 9.88. The quantitative estimate of drug-likeness (QED) is 0.649. The highest BCUT2D eigenvalue weighted by atomic mass is 35.5. The van der Waals surface area contributed by atoms with E-state index in [2.05, 4.69) is 0 Å². The Labute approximate surface area is 130 Å². The van der Waals surface area contributed by atoms with Gasteiger partial charge in [0.05, 0.1) is 21.1 Å². The van der Waals surface area contributed by atoms with Crippen LogP contribution in [0.15, 0.2) is 36.4 Å². The van der Waals surface area contributed by atoms with E-state index in [1.807, 2.05) is 0 Å². The molecular weight excluding hydrogens is 317 g/mol. The number of nitro benzene ring substituents is 1. The number of aliphatic hydroxyl groups excluding tert-OH is 1. The molecular formula is C14H11Cl2NO4. The molecule has 21 heavy (non-hydrogen) atoms. The molecule has 5 nitrogen and oxygen atoms in total. The van der Waals surface area contributed by atoms with Gasteiger partial charge in [0, 0.05) is 12.1 Å². The molecule has 0 heterocycles. The highest BCUT2D eigenvalue weighted by Crippen LogP contribution is 2.38. The maximum Gasteiger partial charge on any atom is 0.313 e. The molecule has 0 radical (unpaired) electrons. The fourth-order valence-corrected chi connectivity index (χ4v) is 2.00. The van der Waals surface area contributed by atoms with Crippen LogP contribution in [0.4, 0.5) is 5.69 Å². The van der Waals surface area contributed by atoms with E-state index in [0.717, 1.165) is 6.07 Å². The van der Waals surface area contributed by atoms with Crippen molar-refractivity contribution in [2.75, 3.05) is 0 Å². The molecule has 0 aromatic heterocycles. The fourth-order valence-electron chi connectivity index (χ4n) is 1.68. The van der Waals surface area contributed by atoms with Gasteiger partial charge in [-0.15, -0.1) is 0 Å². The van der Waals surface area contributed by atoms with E-state index >= 15 is 0 Å². The van der Waals surface area contributed by atoms with Gasteiger partial charge < -0.3 is 9.84 Å². The number of hydrogen-bond donors (Lipinski definition) is 1. The van der Waals surface area contributed by atoms with E-state index in [9.17, 15) is 15.2 Å². The maximum atomic E-state index is 11.0. The number of ether oxygens (including phenoxy) is 1. The number of nitro groups is 1. The van der Waals surface area contributed by atoms with Gasteiger partial charge in [0.1, 0.15) is 5.75 Å². The molecule has 1 atom stereocenters. The highest BCUT2D eigenvalue weighted by molar-refractivity contribution is 6.42. The summed E-state index contributed by atoms with van der Waals surface area (Å²) in [4.78, 5) is 10.4. The summed E-state index contributed by atoms with van der Waals surface area (Å²) >= 11 is 11.6. The van der Waals surface area contributed by atoms with Crippen molar-refractivity contribution in [2.24, 2.45) is 0 Å². The Morgan fingerprint density at radius 1 is 1.19 bits per heavy atom. The van der Waals surface area contributed by atoms with E-state index in [0.29, 0.717) is 11.3 Å². The Morgan fingerprint density at radius 2 is 1.76 bits per heavy atom. The van der Waals surface area contributed by atoms with Crippen molar-refractivity contribution in [3.63, 3.8) is 0 Å². The molecule has 0 fully saturated rings. The second-order valence-electron chi connectivity index (χ2n) is 4.34. The molecule has 0 amide bonds. The minimum absolute atomic E-state index is 0.000744. The van der Waals surface area contributed by atoms with Crippen LogP contribution in [0.1, 0.15) is 18.6 Å². The third-order valence-electron chi connectivity index (χ3n) is 2.79. The Morgan fingerprint density at radius 3 is 2.29 bits per heavy atom. The van der Waals surface area contributed by atoms with E-state index in [-0.39, 0.29) is 21.5 Å². The van der Waals surface area contributed by atoms with Crippen LogP contribution in [0.2, 0.25) is 10.0 Å². The van der Waals surface area contributed by atoms with Crippen molar-refractivity contribution in [1.82, 2.24) is 0 Å². The maximum absolute atomic E-state index is 11.0. The van der Waals surface area contributed by atoms with Crippen LogP contribution in [-0.2, 0) is 0 Å². The SMILES string of the molecule is C[C@H](O)c1ccc(Oc2cc(Cl)c(Cl)cc2[N+](=O)[O-])cc1. The molecule has 2 aromatic rings. The third kappa shape index (κ3) is 3.64. The molecule has 0 aliphatic carbocycles. The largest absolute Gasteiger partial charge is 0.450 e. The Bertz CT molecular complexity index is 671. The number of rotatable bonds is 4. The lowest BCUT2D eigenvalue weighted by molar-refractivity contribution is -0.385. The lowest BCUT2D eigenvalue weighted by Crippen LogP contribution is -1.95. The molecule has 0 bridgehead atoms. The van der Waals surface area contributed by atoms with Crippen LogP contribution < -0.4 is 4.74 Å². The van der Waals surface area contributed by atoms with E-state index < -0.39 is 11.0 Å². The third-order valence-corrected chi connectivity index (χ3v) is 3.51.